The highest BCUT2D eigenvalue weighted by atomic mass is 16.6. The Morgan fingerprint density at radius 2 is 2.33 bits per heavy atom. The van der Waals surface area contributed by atoms with E-state index in [1.807, 2.05) is 26.8 Å². The predicted octanol–water partition coefficient (Wildman–Crippen LogP) is 1.50. The van der Waals surface area contributed by atoms with Crippen molar-refractivity contribution in [3.05, 3.63) is 24.0 Å². The molecule has 1 fully saturated rings. The molecule has 0 saturated carbocycles. The van der Waals surface area contributed by atoms with Crippen molar-refractivity contribution in [3.63, 3.8) is 0 Å². The van der Waals surface area contributed by atoms with Crippen LogP contribution in [0.2, 0.25) is 0 Å². The lowest BCUT2D eigenvalue weighted by molar-refractivity contribution is 0.0286. The molecule has 1 aliphatic rings. The Bertz CT molecular complexity index is 462. The number of nitrogens with one attached hydrogen (secondary N) is 2. The van der Waals surface area contributed by atoms with Crippen molar-refractivity contribution in [2.24, 2.45) is 0 Å². The Hall–Kier alpha value is -1.66. The van der Waals surface area contributed by atoms with Crippen LogP contribution in [-0.2, 0) is 11.2 Å². The summed E-state index contributed by atoms with van der Waals surface area (Å²) in [6, 6.07) is 3.61. The molecular weight excluding hydrogens is 270 g/mol. The van der Waals surface area contributed by atoms with Gasteiger partial charge in [0.25, 0.3) is 0 Å². The quantitative estimate of drug-likeness (QED) is 0.883. The molecule has 0 bridgehead atoms. The van der Waals surface area contributed by atoms with Crippen LogP contribution in [0.4, 0.5) is 4.79 Å². The fourth-order valence-electron chi connectivity index (χ4n) is 2.01. The van der Waals surface area contributed by atoms with Crippen molar-refractivity contribution < 1.29 is 14.3 Å². The van der Waals surface area contributed by atoms with E-state index in [9.17, 15) is 4.79 Å². The second-order valence-electron chi connectivity index (χ2n) is 6.15. The predicted molar refractivity (Wildman–Crippen MR) is 79.5 cm³/mol. The van der Waals surface area contributed by atoms with Crippen LogP contribution in [0, 0.1) is 0 Å². The van der Waals surface area contributed by atoms with Crippen LogP contribution in [0.15, 0.2) is 18.3 Å². The van der Waals surface area contributed by atoms with E-state index < -0.39 is 6.09 Å². The Labute approximate surface area is 125 Å². The molecule has 21 heavy (non-hydrogen) atoms. The third-order valence-electron chi connectivity index (χ3n) is 2.93. The van der Waals surface area contributed by atoms with Crippen LogP contribution in [0.1, 0.15) is 26.5 Å². The molecule has 0 spiro atoms. The summed E-state index contributed by atoms with van der Waals surface area (Å²) in [6.07, 6.45) is 1.99. The highest BCUT2D eigenvalue weighted by Gasteiger charge is 2.16. The normalized spacial score (nSPS) is 19.1. The van der Waals surface area contributed by atoms with Gasteiger partial charge in [0.15, 0.2) is 5.75 Å². The first kappa shape index (κ1) is 15.7. The van der Waals surface area contributed by atoms with Gasteiger partial charge in [-0.25, -0.2) is 4.79 Å². The summed E-state index contributed by atoms with van der Waals surface area (Å²) in [7, 11) is 0. The molecular formula is C15H23N3O3. The van der Waals surface area contributed by atoms with Crippen molar-refractivity contribution >= 4 is 6.09 Å². The summed E-state index contributed by atoms with van der Waals surface area (Å²) in [6.45, 7) is 8.17. The van der Waals surface area contributed by atoms with Gasteiger partial charge in [-0.1, -0.05) is 0 Å². The number of nitrogens with zero attached hydrogens (tertiary/aromatic N) is 1. The summed E-state index contributed by atoms with van der Waals surface area (Å²) in [4.78, 5) is 16.0. The first-order valence-corrected chi connectivity index (χ1v) is 7.20. The largest absolute Gasteiger partial charge is 0.413 e. The maximum absolute atomic E-state index is 11.6. The lowest BCUT2D eigenvalue weighted by Gasteiger charge is -2.23. The average Bonchev–Trinajstić information content (AvgIpc) is 2.40. The third-order valence-corrected chi connectivity index (χ3v) is 2.93. The summed E-state index contributed by atoms with van der Waals surface area (Å²) in [5.41, 5.74) is 0.600. The number of ether oxygens (including phenoxy) is 2. The van der Waals surface area contributed by atoms with E-state index in [0.29, 0.717) is 5.75 Å². The molecule has 6 nitrogen and oxygen atoms in total. The number of hydrogen-bond donors (Lipinski definition) is 2. The molecule has 1 saturated heterocycles. The van der Waals surface area contributed by atoms with Gasteiger partial charge in [-0.2, -0.15) is 0 Å². The van der Waals surface area contributed by atoms with Crippen molar-refractivity contribution in [2.45, 2.75) is 38.8 Å². The van der Waals surface area contributed by atoms with E-state index in [4.69, 9.17) is 9.47 Å². The number of amides is 1. The maximum Gasteiger partial charge on any atom is 0.413 e. The summed E-state index contributed by atoms with van der Waals surface area (Å²) in [5.74, 6) is 0.434. The first-order valence-electron chi connectivity index (χ1n) is 7.20. The van der Waals surface area contributed by atoms with Crippen molar-refractivity contribution in [1.29, 1.82) is 0 Å². The van der Waals surface area contributed by atoms with Gasteiger partial charge in [0.1, 0.15) is 0 Å². The number of aromatic nitrogens is 1. The maximum atomic E-state index is 11.6. The Balaban J connectivity index is 1.85. The van der Waals surface area contributed by atoms with Gasteiger partial charge in [-0.3, -0.25) is 4.98 Å². The van der Waals surface area contributed by atoms with Gasteiger partial charge in [0, 0.05) is 30.7 Å². The zero-order valence-electron chi connectivity index (χ0n) is 12.8. The van der Waals surface area contributed by atoms with Gasteiger partial charge in [0.2, 0.25) is 0 Å². The molecule has 1 atom stereocenters. The van der Waals surface area contributed by atoms with E-state index in [-0.39, 0.29) is 11.6 Å². The van der Waals surface area contributed by atoms with Gasteiger partial charge in [0.05, 0.1) is 18.9 Å². The van der Waals surface area contributed by atoms with Gasteiger partial charge < -0.3 is 20.1 Å². The molecule has 1 unspecified atom stereocenters. The van der Waals surface area contributed by atoms with Crippen molar-refractivity contribution in [1.82, 2.24) is 15.6 Å². The first-order chi connectivity index (χ1) is 9.92. The molecule has 0 aliphatic carbocycles. The van der Waals surface area contributed by atoms with Gasteiger partial charge in [-0.15, -0.1) is 0 Å². The van der Waals surface area contributed by atoms with Gasteiger partial charge in [-0.05, 0) is 32.9 Å². The van der Waals surface area contributed by atoms with Crippen LogP contribution >= 0.6 is 0 Å². The smallest absolute Gasteiger partial charge is 0.409 e. The Morgan fingerprint density at radius 3 is 2.90 bits per heavy atom. The Morgan fingerprint density at radius 1 is 1.52 bits per heavy atom. The molecule has 1 aromatic rings. The fourth-order valence-corrected chi connectivity index (χ4v) is 2.01. The molecule has 2 rings (SSSR count). The molecule has 0 radical (unpaired) electrons. The van der Waals surface area contributed by atoms with E-state index in [1.54, 1.807) is 12.3 Å². The number of carbonyl (C=O) groups is 1. The monoisotopic (exact) mass is 293 g/mol. The number of pyridine rings is 1. The zero-order chi connectivity index (χ0) is 15.3. The summed E-state index contributed by atoms with van der Waals surface area (Å²) >= 11 is 0. The molecule has 1 amide bonds. The standard InChI is InChI=1S/C15H23N3O3/c1-15(2,3)18-14(19)21-12-5-4-11(17-10-12)8-13-9-16-6-7-20-13/h4-5,10,13,16H,6-9H2,1-3H3,(H,18,19). The molecule has 2 N–H and O–H groups in total. The lowest BCUT2D eigenvalue weighted by Crippen LogP contribution is -2.42. The van der Waals surface area contributed by atoms with Crippen LogP contribution in [-0.4, -0.2) is 42.4 Å². The number of rotatable bonds is 3. The highest BCUT2D eigenvalue weighted by molar-refractivity contribution is 5.70. The second-order valence-corrected chi connectivity index (χ2v) is 6.15. The average molecular weight is 293 g/mol. The second kappa shape index (κ2) is 6.87. The number of carbonyl (C=O) groups excluding carboxylic acids is 1. The minimum Gasteiger partial charge on any atom is -0.409 e. The number of hydrogen-bond acceptors (Lipinski definition) is 5. The topological polar surface area (TPSA) is 72.5 Å². The van der Waals surface area contributed by atoms with Crippen LogP contribution < -0.4 is 15.4 Å². The summed E-state index contributed by atoms with van der Waals surface area (Å²) < 4.78 is 10.8. The Kier molecular flexibility index (Phi) is 5.14. The van der Waals surface area contributed by atoms with E-state index >= 15 is 0 Å². The molecule has 1 aliphatic heterocycles. The van der Waals surface area contributed by atoms with Crippen LogP contribution in [0.25, 0.3) is 0 Å². The summed E-state index contributed by atoms with van der Waals surface area (Å²) in [5, 5.41) is 6.01. The molecule has 1 aromatic heterocycles. The van der Waals surface area contributed by atoms with Crippen molar-refractivity contribution in [3.8, 4) is 5.75 Å². The minimum atomic E-state index is -0.475. The van der Waals surface area contributed by atoms with E-state index in [1.165, 1.54) is 0 Å². The molecule has 116 valence electrons. The zero-order valence-corrected chi connectivity index (χ0v) is 12.8. The minimum absolute atomic E-state index is 0.155. The van der Waals surface area contributed by atoms with Gasteiger partial charge >= 0.3 is 6.09 Å². The highest BCUT2D eigenvalue weighted by Crippen LogP contribution is 2.12. The van der Waals surface area contributed by atoms with Crippen molar-refractivity contribution in [2.75, 3.05) is 19.7 Å². The molecule has 2 heterocycles. The molecule has 0 aromatic carbocycles. The van der Waals surface area contributed by atoms with E-state index in [0.717, 1.165) is 31.8 Å². The third kappa shape index (κ3) is 5.69. The molecule has 6 heteroatoms. The number of morpholine rings is 1. The fraction of sp³-hybridized carbons (Fsp3) is 0.600. The van der Waals surface area contributed by atoms with E-state index in [2.05, 4.69) is 15.6 Å². The lowest BCUT2D eigenvalue weighted by atomic mass is 10.1. The van der Waals surface area contributed by atoms with Crippen LogP contribution in [0.5, 0.6) is 5.75 Å². The van der Waals surface area contributed by atoms with Crippen LogP contribution in [0.3, 0.4) is 0 Å². The SMILES string of the molecule is CC(C)(C)NC(=O)Oc1ccc(CC2CNCCO2)nc1.